The lowest BCUT2D eigenvalue weighted by atomic mass is 10.1. The Morgan fingerprint density at radius 1 is 0.909 bits per heavy atom. The first-order chi connectivity index (χ1) is 20.6. The zero-order valence-electron chi connectivity index (χ0n) is 24.4. The second-order valence-electron chi connectivity index (χ2n) is 9.89. The van der Waals surface area contributed by atoms with Gasteiger partial charge in [-0.1, -0.05) is 12.1 Å². The van der Waals surface area contributed by atoms with Crippen molar-refractivity contribution in [2.45, 2.75) is 32.5 Å². The van der Waals surface area contributed by atoms with Crippen molar-refractivity contribution in [2.24, 2.45) is 0 Å². The van der Waals surface area contributed by atoms with Crippen LogP contribution in [0.15, 0.2) is 54.7 Å². The summed E-state index contributed by atoms with van der Waals surface area (Å²) in [5, 5.41) is 46.9. The molecule has 1 aromatic heterocycles. The van der Waals surface area contributed by atoms with Crippen LogP contribution in [0.25, 0.3) is 0 Å². The number of hydrogen-bond acceptors (Lipinski definition) is 10. The monoisotopic (exact) mass is 615 g/mol. The molecule has 2 aromatic carbocycles. The maximum absolute atomic E-state index is 11.3. The summed E-state index contributed by atoms with van der Waals surface area (Å²) >= 11 is 0. The van der Waals surface area contributed by atoms with Gasteiger partial charge in [0.2, 0.25) is 0 Å². The number of ether oxygens (including phenoxy) is 1. The molecular formula is C28H33N5O11. The molecule has 1 aliphatic heterocycles. The van der Waals surface area contributed by atoms with Gasteiger partial charge in [-0.05, 0) is 37.6 Å². The number of aliphatic carboxylic acids is 1. The predicted octanol–water partition coefficient (Wildman–Crippen LogP) is 3.91. The van der Waals surface area contributed by atoms with E-state index >= 15 is 0 Å². The molecular weight excluding hydrogens is 582 g/mol. The van der Waals surface area contributed by atoms with Crippen LogP contribution in [0, 0.1) is 20.2 Å². The highest BCUT2D eigenvalue weighted by atomic mass is 16.6. The van der Waals surface area contributed by atoms with Gasteiger partial charge in [-0.15, -0.1) is 0 Å². The summed E-state index contributed by atoms with van der Waals surface area (Å²) in [5.74, 6) is -3.17. The molecule has 0 radical (unpaired) electrons. The Morgan fingerprint density at radius 2 is 1.48 bits per heavy atom. The van der Waals surface area contributed by atoms with Gasteiger partial charge in [-0.25, -0.2) is 9.59 Å². The highest BCUT2D eigenvalue weighted by Gasteiger charge is 2.26. The zero-order chi connectivity index (χ0) is 33.1. The quantitative estimate of drug-likeness (QED) is 0.208. The van der Waals surface area contributed by atoms with Gasteiger partial charge in [0, 0.05) is 51.1 Å². The molecule has 2 heterocycles. The van der Waals surface area contributed by atoms with Crippen LogP contribution in [0.4, 0.5) is 22.7 Å². The number of H-pyrrole nitrogens is 1. The van der Waals surface area contributed by atoms with Crippen LogP contribution >= 0.6 is 0 Å². The number of nitrogens with zero attached hydrogens (tertiary/aromatic N) is 4. The van der Waals surface area contributed by atoms with Gasteiger partial charge < -0.3 is 34.8 Å². The van der Waals surface area contributed by atoms with E-state index < -0.39 is 27.8 Å². The summed E-state index contributed by atoms with van der Waals surface area (Å²) in [6.45, 7) is 4.94. The van der Waals surface area contributed by atoms with Gasteiger partial charge in [0.15, 0.2) is 0 Å². The van der Waals surface area contributed by atoms with E-state index in [2.05, 4.69) is 4.98 Å². The van der Waals surface area contributed by atoms with Gasteiger partial charge in [0.1, 0.15) is 5.69 Å². The first-order valence-corrected chi connectivity index (χ1v) is 13.0. The predicted molar refractivity (Wildman–Crippen MR) is 159 cm³/mol. The molecule has 0 aliphatic carbocycles. The number of benzene rings is 2. The molecule has 1 fully saturated rings. The summed E-state index contributed by atoms with van der Waals surface area (Å²) in [4.78, 5) is 57.5. The number of carboxylic acids is 3. The minimum absolute atomic E-state index is 0.0180. The molecule has 1 aliphatic rings. The molecule has 0 amide bonds. The number of nitro groups is 2. The van der Waals surface area contributed by atoms with Crippen LogP contribution in [0.3, 0.4) is 0 Å². The third-order valence-electron chi connectivity index (χ3n) is 6.10. The average Bonchev–Trinajstić information content (AvgIpc) is 3.44. The molecule has 236 valence electrons. The van der Waals surface area contributed by atoms with Crippen molar-refractivity contribution in [3.63, 3.8) is 0 Å². The summed E-state index contributed by atoms with van der Waals surface area (Å²) in [5.41, 5.74) is 1.69. The number of aromatic carboxylic acids is 2. The van der Waals surface area contributed by atoms with Crippen molar-refractivity contribution in [3.05, 3.63) is 91.8 Å². The fourth-order valence-corrected chi connectivity index (χ4v) is 4.16. The van der Waals surface area contributed by atoms with Crippen LogP contribution < -0.4 is 9.80 Å². The number of hydrogen-bond donors (Lipinski definition) is 4. The molecule has 0 bridgehead atoms. The molecule has 16 heteroatoms. The molecule has 3 aromatic rings. The lowest BCUT2D eigenvalue weighted by Gasteiger charge is -2.37. The Morgan fingerprint density at radius 3 is 1.89 bits per heavy atom. The van der Waals surface area contributed by atoms with E-state index in [0.717, 1.165) is 29.6 Å². The first kappa shape index (κ1) is 34.7. The smallest absolute Gasteiger partial charge is 0.352 e. The van der Waals surface area contributed by atoms with Crippen LogP contribution in [-0.4, -0.2) is 87.5 Å². The van der Waals surface area contributed by atoms with Gasteiger partial charge in [0.05, 0.1) is 45.9 Å². The molecule has 0 saturated carbocycles. The third kappa shape index (κ3) is 10.4. The van der Waals surface area contributed by atoms with Crippen LogP contribution in [0.5, 0.6) is 0 Å². The number of anilines is 2. The fraction of sp³-hybridized carbons (Fsp3) is 0.321. The van der Waals surface area contributed by atoms with E-state index in [0.29, 0.717) is 18.8 Å². The highest BCUT2D eigenvalue weighted by molar-refractivity contribution is 5.95. The van der Waals surface area contributed by atoms with Gasteiger partial charge >= 0.3 is 17.9 Å². The number of morpholine rings is 1. The maximum atomic E-state index is 11.3. The van der Waals surface area contributed by atoms with Crippen molar-refractivity contribution >= 4 is 40.7 Å². The van der Waals surface area contributed by atoms with E-state index in [9.17, 15) is 39.7 Å². The van der Waals surface area contributed by atoms with Gasteiger partial charge in [0.25, 0.3) is 11.4 Å². The lowest BCUT2D eigenvalue weighted by Crippen LogP contribution is -2.46. The SMILES string of the molecule is CC1CN(c2ccc([N+](=O)[O-])cc2C(=O)O)CC(C)O1.CN(C)c1ccc(CC(=O)O)cc1.O=C(O)c1cc([N+](=O)[O-])c[nH]1. The van der Waals surface area contributed by atoms with Crippen molar-refractivity contribution in [1.29, 1.82) is 0 Å². The van der Waals surface area contributed by atoms with Crippen molar-refractivity contribution in [2.75, 3.05) is 37.0 Å². The number of carboxylic acid groups (broad SMARTS) is 3. The molecule has 0 spiro atoms. The number of aromatic amines is 1. The normalized spacial score (nSPS) is 15.5. The number of carbonyl (C=O) groups is 3. The largest absolute Gasteiger partial charge is 0.481 e. The molecule has 16 nitrogen and oxygen atoms in total. The molecule has 44 heavy (non-hydrogen) atoms. The summed E-state index contributed by atoms with van der Waals surface area (Å²) in [6.07, 6.45) is 1.09. The lowest BCUT2D eigenvalue weighted by molar-refractivity contribution is -0.385. The van der Waals surface area contributed by atoms with Crippen molar-refractivity contribution in [1.82, 2.24) is 4.98 Å². The zero-order valence-corrected chi connectivity index (χ0v) is 24.4. The third-order valence-corrected chi connectivity index (χ3v) is 6.10. The standard InChI is InChI=1S/C13H16N2O5.C10H13NO2.C5H4N2O4/c1-8-6-14(7-9(2)20-8)12-4-3-10(15(18)19)5-11(12)13(16)17;1-11(2)9-5-3-8(4-6-9)7-10(12)13;8-5(9)4-1-3(2-6-4)7(10)11/h3-5,8-9H,6-7H2,1-2H3,(H,16,17);3-6H,7H2,1-2H3,(H,12,13);1-2,6H,(H,8,9). The summed E-state index contributed by atoms with van der Waals surface area (Å²) in [6, 6.07) is 12.4. The number of rotatable bonds is 8. The Bertz CT molecular complexity index is 1450. The van der Waals surface area contributed by atoms with Crippen LogP contribution in [-0.2, 0) is 16.0 Å². The number of nitro benzene ring substituents is 1. The minimum Gasteiger partial charge on any atom is -0.481 e. The van der Waals surface area contributed by atoms with Crippen LogP contribution in [0.2, 0.25) is 0 Å². The van der Waals surface area contributed by atoms with E-state index in [4.69, 9.17) is 14.9 Å². The van der Waals surface area contributed by atoms with Gasteiger partial charge in [-0.2, -0.15) is 0 Å². The first-order valence-electron chi connectivity index (χ1n) is 13.0. The van der Waals surface area contributed by atoms with Crippen LogP contribution in [0.1, 0.15) is 40.3 Å². The number of aromatic nitrogens is 1. The Balaban J connectivity index is 0.000000244. The molecule has 4 rings (SSSR count). The van der Waals surface area contributed by atoms with Crippen molar-refractivity contribution < 1.29 is 44.3 Å². The Hall–Kier alpha value is -5.51. The second-order valence-corrected chi connectivity index (χ2v) is 9.89. The Kier molecular flexibility index (Phi) is 12.3. The molecule has 1 saturated heterocycles. The summed E-state index contributed by atoms with van der Waals surface area (Å²) < 4.78 is 5.60. The average molecular weight is 616 g/mol. The second kappa shape index (κ2) is 15.6. The Labute approximate surface area is 251 Å². The van der Waals surface area contributed by atoms with Crippen molar-refractivity contribution in [3.8, 4) is 0 Å². The minimum atomic E-state index is -1.21. The van der Waals surface area contributed by atoms with E-state index in [1.807, 2.05) is 62.0 Å². The molecule has 2 atom stereocenters. The van der Waals surface area contributed by atoms with E-state index in [1.165, 1.54) is 12.1 Å². The van der Waals surface area contributed by atoms with E-state index in [-0.39, 0.29) is 41.3 Å². The number of non-ortho nitro benzene ring substituents is 1. The van der Waals surface area contributed by atoms with E-state index in [1.54, 1.807) is 0 Å². The molecule has 2 unspecified atom stereocenters. The van der Waals surface area contributed by atoms with Gasteiger partial charge in [-0.3, -0.25) is 25.0 Å². The number of nitrogens with one attached hydrogen (secondary N) is 1. The molecule has 4 N–H and O–H groups in total. The summed E-state index contributed by atoms with van der Waals surface area (Å²) in [7, 11) is 3.90. The fourth-order valence-electron chi connectivity index (χ4n) is 4.16. The maximum Gasteiger partial charge on any atom is 0.352 e. The highest BCUT2D eigenvalue weighted by Crippen LogP contribution is 2.28. The topological polar surface area (TPSA) is 230 Å².